The highest BCUT2D eigenvalue weighted by atomic mass is 16.5. The Hall–Kier alpha value is -1.39. The number of nitrogens with one attached hydrogen (secondary N) is 1. The zero-order valence-corrected chi connectivity index (χ0v) is 10.4. The smallest absolute Gasteiger partial charge is 0.265 e. The molecule has 0 aliphatic rings. The quantitative estimate of drug-likeness (QED) is 0.451. The van der Waals surface area contributed by atoms with Crippen LogP contribution in [0.5, 0.6) is 0 Å². The van der Waals surface area contributed by atoms with Crippen molar-refractivity contribution >= 4 is 5.91 Å². The van der Waals surface area contributed by atoms with Gasteiger partial charge in [-0.05, 0) is 31.0 Å². The molecule has 0 bridgehead atoms. The lowest BCUT2D eigenvalue weighted by Gasteiger charge is -2.12. The normalized spacial score (nSPS) is 12.2. The molecule has 1 aromatic rings. The summed E-state index contributed by atoms with van der Waals surface area (Å²) in [6.45, 7) is 4.78. The van der Waals surface area contributed by atoms with Crippen molar-refractivity contribution in [2.75, 3.05) is 0 Å². The number of hydrazine groups is 1. The van der Waals surface area contributed by atoms with E-state index in [-0.39, 0.29) is 12.0 Å². The molecule has 0 radical (unpaired) electrons. The molecular formula is C13H20N2O2. The lowest BCUT2D eigenvalue weighted by Crippen LogP contribution is -2.29. The van der Waals surface area contributed by atoms with Crippen molar-refractivity contribution in [3.05, 3.63) is 35.4 Å². The van der Waals surface area contributed by atoms with Crippen molar-refractivity contribution in [3.63, 3.8) is 0 Å². The molecule has 0 spiro atoms. The van der Waals surface area contributed by atoms with Crippen LogP contribution in [0.2, 0.25) is 0 Å². The lowest BCUT2D eigenvalue weighted by atomic mass is 10.1. The molecule has 0 saturated carbocycles. The number of benzene rings is 1. The number of nitrogens with two attached hydrogens (primary N) is 1. The van der Waals surface area contributed by atoms with Gasteiger partial charge in [0.25, 0.3) is 5.91 Å². The average Bonchev–Trinajstić information content (AvgIpc) is 2.36. The molecule has 1 unspecified atom stereocenters. The van der Waals surface area contributed by atoms with E-state index >= 15 is 0 Å². The van der Waals surface area contributed by atoms with Gasteiger partial charge in [-0.3, -0.25) is 10.2 Å². The molecule has 1 aromatic carbocycles. The second-order valence-corrected chi connectivity index (χ2v) is 4.08. The Bertz CT molecular complexity index is 349. The van der Waals surface area contributed by atoms with E-state index in [0.717, 1.165) is 18.4 Å². The summed E-state index contributed by atoms with van der Waals surface area (Å²) in [6.07, 6.45) is 2.46. The predicted molar refractivity (Wildman–Crippen MR) is 67.3 cm³/mol. The zero-order valence-electron chi connectivity index (χ0n) is 10.4. The van der Waals surface area contributed by atoms with Crippen molar-refractivity contribution in [1.82, 2.24) is 5.43 Å². The highest BCUT2D eigenvalue weighted by Crippen LogP contribution is 2.09. The van der Waals surface area contributed by atoms with Crippen LogP contribution in [0.4, 0.5) is 0 Å². The molecule has 1 amide bonds. The fraction of sp³-hybridized carbons (Fsp3) is 0.462. The molecule has 17 heavy (non-hydrogen) atoms. The molecule has 0 saturated heterocycles. The third-order valence-electron chi connectivity index (χ3n) is 2.58. The van der Waals surface area contributed by atoms with E-state index in [0.29, 0.717) is 12.2 Å². The van der Waals surface area contributed by atoms with Gasteiger partial charge in [-0.1, -0.05) is 25.5 Å². The number of hydrogen-bond donors (Lipinski definition) is 2. The number of carbonyl (C=O) groups excluding carboxylic acids is 1. The maximum atomic E-state index is 11.2. The Morgan fingerprint density at radius 1 is 1.41 bits per heavy atom. The molecule has 94 valence electrons. The molecule has 1 atom stereocenters. The molecule has 0 aliphatic heterocycles. The minimum atomic E-state index is -0.281. The fourth-order valence-corrected chi connectivity index (χ4v) is 1.56. The minimum Gasteiger partial charge on any atom is -0.374 e. The van der Waals surface area contributed by atoms with E-state index < -0.39 is 0 Å². The van der Waals surface area contributed by atoms with Gasteiger partial charge in [-0.25, -0.2) is 5.84 Å². The van der Waals surface area contributed by atoms with Gasteiger partial charge < -0.3 is 4.74 Å². The molecule has 3 N–H and O–H groups in total. The Kier molecular flexibility index (Phi) is 5.66. The fourth-order valence-electron chi connectivity index (χ4n) is 1.56. The van der Waals surface area contributed by atoms with Gasteiger partial charge in [0.1, 0.15) is 0 Å². The monoisotopic (exact) mass is 236 g/mol. The summed E-state index contributed by atoms with van der Waals surface area (Å²) in [5, 5.41) is 0. The van der Waals surface area contributed by atoms with Gasteiger partial charge >= 0.3 is 0 Å². The average molecular weight is 236 g/mol. The van der Waals surface area contributed by atoms with E-state index in [1.807, 2.05) is 12.1 Å². The Balaban J connectivity index is 2.48. The first-order valence-electron chi connectivity index (χ1n) is 5.88. The molecule has 0 heterocycles. The van der Waals surface area contributed by atoms with Crippen LogP contribution in [-0.2, 0) is 11.3 Å². The summed E-state index contributed by atoms with van der Waals surface area (Å²) in [6, 6.07) is 7.24. The minimum absolute atomic E-state index is 0.270. The van der Waals surface area contributed by atoms with E-state index in [4.69, 9.17) is 10.6 Å². The topological polar surface area (TPSA) is 64.3 Å². The van der Waals surface area contributed by atoms with Crippen LogP contribution < -0.4 is 11.3 Å². The van der Waals surface area contributed by atoms with Gasteiger partial charge in [0.15, 0.2) is 0 Å². The second kappa shape index (κ2) is 7.04. The van der Waals surface area contributed by atoms with Crippen LogP contribution in [-0.4, -0.2) is 12.0 Å². The largest absolute Gasteiger partial charge is 0.374 e. The van der Waals surface area contributed by atoms with Gasteiger partial charge in [-0.2, -0.15) is 0 Å². The number of nitrogen functional groups attached to an aromatic ring is 1. The molecule has 4 nitrogen and oxygen atoms in total. The number of ether oxygens (including phenoxy) is 1. The van der Waals surface area contributed by atoms with E-state index in [1.54, 1.807) is 12.1 Å². The highest BCUT2D eigenvalue weighted by Gasteiger charge is 2.04. The Labute approximate surface area is 102 Å². The number of carbonyl (C=O) groups is 1. The third-order valence-corrected chi connectivity index (χ3v) is 2.58. The van der Waals surface area contributed by atoms with Crippen molar-refractivity contribution in [2.45, 2.75) is 39.4 Å². The van der Waals surface area contributed by atoms with Crippen LogP contribution in [0.25, 0.3) is 0 Å². The Morgan fingerprint density at radius 2 is 2.06 bits per heavy atom. The van der Waals surface area contributed by atoms with Crippen molar-refractivity contribution in [2.24, 2.45) is 5.84 Å². The van der Waals surface area contributed by atoms with Crippen LogP contribution in [0.15, 0.2) is 24.3 Å². The van der Waals surface area contributed by atoms with Crippen LogP contribution >= 0.6 is 0 Å². The van der Waals surface area contributed by atoms with Crippen molar-refractivity contribution < 1.29 is 9.53 Å². The summed E-state index contributed by atoms with van der Waals surface area (Å²) >= 11 is 0. The zero-order chi connectivity index (χ0) is 12.7. The second-order valence-electron chi connectivity index (χ2n) is 4.08. The number of rotatable bonds is 6. The van der Waals surface area contributed by atoms with Gasteiger partial charge in [0, 0.05) is 5.56 Å². The molecule has 1 rings (SSSR count). The lowest BCUT2D eigenvalue weighted by molar-refractivity contribution is 0.0471. The van der Waals surface area contributed by atoms with Gasteiger partial charge in [0.2, 0.25) is 0 Å². The predicted octanol–water partition coefficient (Wildman–Crippen LogP) is 2.00. The van der Waals surface area contributed by atoms with Crippen molar-refractivity contribution in [1.29, 1.82) is 0 Å². The SMILES string of the molecule is CCCC(C)OCc1ccc(C(=O)NN)cc1. The van der Waals surface area contributed by atoms with Crippen LogP contribution in [0.1, 0.15) is 42.6 Å². The molecular weight excluding hydrogens is 216 g/mol. The highest BCUT2D eigenvalue weighted by molar-refractivity contribution is 5.93. The van der Waals surface area contributed by atoms with E-state index in [9.17, 15) is 4.79 Å². The number of amides is 1. The summed E-state index contributed by atoms with van der Waals surface area (Å²) in [5.74, 6) is 4.77. The first-order valence-corrected chi connectivity index (χ1v) is 5.88. The van der Waals surface area contributed by atoms with Crippen LogP contribution in [0, 0.1) is 0 Å². The summed E-state index contributed by atoms with van der Waals surface area (Å²) in [5.41, 5.74) is 3.71. The van der Waals surface area contributed by atoms with Gasteiger partial charge in [0.05, 0.1) is 12.7 Å². The van der Waals surface area contributed by atoms with E-state index in [1.165, 1.54) is 0 Å². The summed E-state index contributed by atoms with van der Waals surface area (Å²) < 4.78 is 5.67. The third kappa shape index (κ3) is 4.54. The maximum Gasteiger partial charge on any atom is 0.265 e. The Morgan fingerprint density at radius 3 is 2.59 bits per heavy atom. The molecule has 0 aromatic heterocycles. The van der Waals surface area contributed by atoms with Gasteiger partial charge in [-0.15, -0.1) is 0 Å². The molecule has 0 aliphatic carbocycles. The number of hydrogen-bond acceptors (Lipinski definition) is 3. The molecule has 0 fully saturated rings. The standard InChI is InChI=1S/C13H20N2O2/c1-3-4-10(2)17-9-11-5-7-12(8-6-11)13(16)15-14/h5-8,10H,3-4,9,14H2,1-2H3,(H,15,16). The first-order chi connectivity index (χ1) is 8.17. The summed E-state index contributed by atoms with van der Waals surface area (Å²) in [4.78, 5) is 11.2. The van der Waals surface area contributed by atoms with Crippen LogP contribution in [0.3, 0.4) is 0 Å². The first kappa shape index (κ1) is 13.7. The molecule has 4 heteroatoms. The van der Waals surface area contributed by atoms with E-state index in [2.05, 4.69) is 19.3 Å². The summed E-state index contributed by atoms with van der Waals surface area (Å²) in [7, 11) is 0. The van der Waals surface area contributed by atoms with Crippen molar-refractivity contribution in [3.8, 4) is 0 Å². The maximum absolute atomic E-state index is 11.2.